The SMILES string of the molecule is O=C(C1=CN2CCS(=O)(=O)N=C2C=C1)N(Cc1ccco1)C1CC1. The molecule has 1 amide bonds. The van der Waals surface area contributed by atoms with Crippen molar-refractivity contribution in [3.05, 3.63) is 48.1 Å². The summed E-state index contributed by atoms with van der Waals surface area (Å²) in [7, 11) is -3.39. The van der Waals surface area contributed by atoms with Gasteiger partial charge in [-0.25, -0.2) is 8.42 Å². The maximum Gasteiger partial charge on any atom is 0.256 e. The van der Waals surface area contributed by atoms with Gasteiger partial charge < -0.3 is 14.2 Å². The van der Waals surface area contributed by atoms with E-state index < -0.39 is 10.0 Å². The van der Waals surface area contributed by atoms with Crippen LogP contribution in [0.1, 0.15) is 18.6 Å². The van der Waals surface area contributed by atoms with Crippen LogP contribution >= 0.6 is 0 Å². The first kappa shape index (κ1) is 15.2. The van der Waals surface area contributed by atoms with E-state index in [-0.39, 0.29) is 17.7 Å². The van der Waals surface area contributed by atoms with E-state index in [1.165, 1.54) is 0 Å². The van der Waals surface area contributed by atoms with E-state index in [1.54, 1.807) is 29.5 Å². The van der Waals surface area contributed by atoms with Crippen LogP contribution in [0.4, 0.5) is 0 Å². The first-order chi connectivity index (χ1) is 11.5. The molecule has 1 saturated carbocycles. The van der Waals surface area contributed by atoms with E-state index in [0.29, 0.717) is 24.5 Å². The third-order valence-corrected chi connectivity index (χ3v) is 5.39. The second-order valence-corrected chi connectivity index (χ2v) is 7.84. The highest BCUT2D eigenvalue weighted by atomic mass is 32.2. The fourth-order valence-electron chi connectivity index (χ4n) is 2.82. The predicted molar refractivity (Wildman–Crippen MR) is 87.4 cm³/mol. The van der Waals surface area contributed by atoms with Crippen molar-refractivity contribution in [2.24, 2.45) is 4.40 Å². The molecule has 4 rings (SSSR count). The smallest absolute Gasteiger partial charge is 0.256 e. The highest BCUT2D eigenvalue weighted by Crippen LogP contribution is 2.30. The minimum atomic E-state index is -3.39. The quantitative estimate of drug-likeness (QED) is 0.819. The molecule has 3 aliphatic rings. The minimum absolute atomic E-state index is 0.0406. The summed E-state index contributed by atoms with van der Waals surface area (Å²) < 4.78 is 32.2. The van der Waals surface area contributed by atoms with E-state index in [9.17, 15) is 13.2 Å². The predicted octanol–water partition coefficient (Wildman–Crippen LogP) is 1.27. The van der Waals surface area contributed by atoms with E-state index in [0.717, 1.165) is 18.6 Å². The van der Waals surface area contributed by atoms with Crippen LogP contribution in [0.15, 0.2) is 51.1 Å². The molecule has 0 bridgehead atoms. The Kier molecular flexibility index (Phi) is 3.56. The fraction of sp³-hybridized carbons (Fsp3) is 0.375. The van der Waals surface area contributed by atoms with Crippen LogP contribution in [-0.4, -0.2) is 48.3 Å². The van der Waals surface area contributed by atoms with Crippen LogP contribution < -0.4 is 0 Å². The van der Waals surface area contributed by atoms with E-state index in [1.807, 2.05) is 17.0 Å². The highest BCUT2D eigenvalue weighted by molar-refractivity contribution is 7.90. The van der Waals surface area contributed by atoms with Crippen molar-refractivity contribution in [1.29, 1.82) is 0 Å². The number of nitrogens with zero attached hydrogens (tertiary/aromatic N) is 3. The van der Waals surface area contributed by atoms with Crippen molar-refractivity contribution >= 4 is 21.8 Å². The summed E-state index contributed by atoms with van der Waals surface area (Å²) in [4.78, 5) is 16.4. The van der Waals surface area contributed by atoms with E-state index in [4.69, 9.17) is 4.42 Å². The Labute approximate surface area is 140 Å². The molecule has 0 aromatic carbocycles. The molecule has 7 nitrogen and oxygen atoms in total. The Morgan fingerprint density at radius 1 is 1.38 bits per heavy atom. The molecule has 3 heterocycles. The Hall–Kier alpha value is -2.35. The van der Waals surface area contributed by atoms with Gasteiger partial charge in [0.05, 0.1) is 24.1 Å². The second-order valence-electron chi connectivity index (χ2n) is 6.09. The molecule has 1 aliphatic carbocycles. The van der Waals surface area contributed by atoms with Crippen molar-refractivity contribution in [2.45, 2.75) is 25.4 Å². The Balaban J connectivity index is 1.56. The Morgan fingerprint density at radius 2 is 2.21 bits per heavy atom. The summed E-state index contributed by atoms with van der Waals surface area (Å²) in [6, 6.07) is 3.91. The molecule has 0 atom stereocenters. The highest BCUT2D eigenvalue weighted by Gasteiger charge is 2.35. The summed E-state index contributed by atoms with van der Waals surface area (Å²) in [6.07, 6.45) is 8.50. The van der Waals surface area contributed by atoms with Crippen molar-refractivity contribution in [2.75, 3.05) is 12.3 Å². The number of rotatable bonds is 4. The minimum Gasteiger partial charge on any atom is -0.467 e. The average molecular weight is 347 g/mol. The van der Waals surface area contributed by atoms with E-state index in [2.05, 4.69) is 4.40 Å². The van der Waals surface area contributed by atoms with Crippen molar-refractivity contribution in [1.82, 2.24) is 9.80 Å². The van der Waals surface area contributed by atoms with Gasteiger partial charge in [-0.2, -0.15) is 0 Å². The second kappa shape index (κ2) is 5.62. The number of carbonyl (C=O) groups is 1. The average Bonchev–Trinajstić information content (AvgIpc) is 3.27. The lowest BCUT2D eigenvalue weighted by molar-refractivity contribution is -0.128. The lowest BCUT2D eigenvalue weighted by Crippen LogP contribution is -2.39. The Bertz CT molecular complexity index is 848. The van der Waals surface area contributed by atoms with Gasteiger partial charge in [0, 0.05) is 18.8 Å². The molecule has 1 fully saturated rings. The van der Waals surface area contributed by atoms with Gasteiger partial charge in [0.25, 0.3) is 15.9 Å². The van der Waals surface area contributed by atoms with Crippen LogP contribution in [0.3, 0.4) is 0 Å². The van der Waals surface area contributed by atoms with Gasteiger partial charge in [-0.05, 0) is 37.1 Å². The van der Waals surface area contributed by atoms with E-state index >= 15 is 0 Å². The molecular weight excluding hydrogens is 330 g/mol. The molecule has 1 aromatic heterocycles. The van der Waals surface area contributed by atoms with Gasteiger partial charge in [0.1, 0.15) is 11.6 Å². The number of amides is 1. The van der Waals surface area contributed by atoms with Crippen molar-refractivity contribution < 1.29 is 17.6 Å². The number of amidine groups is 1. The van der Waals surface area contributed by atoms with Crippen molar-refractivity contribution in [3.63, 3.8) is 0 Å². The summed E-state index contributed by atoms with van der Waals surface area (Å²) in [5.41, 5.74) is 0.534. The molecule has 2 aliphatic heterocycles. The van der Waals surface area contributed by atoms with Gasteiger partial charge >= 0.3 is 0 Å². The molecule has 0 spiro atoms. The number of carbonyl (C=O) groups excluding carboxylic acids is 1. The van der Waals surface area contributed by atoms with Crippen LogP contribution in [0.2, 0.25) is 0 Å². The zero-order valence-electron chi connectivity index (χ0n) is 13.0. The van der Waals surface area contributed by atoms with Crippen LogP contribution in [0, 0.1) is 0 Å². The summed E-state index contributed by atoms with van der Waals surface area (Å²) >= 11 is 0. The maximum atomic E-state index is 12.9. The molecule has 8 heteroatoms. The Morgan fingerprint density at radius 3 is 2.92 bits per heavy atom. The van der Waals surface area contributed by atoms with Crippen LogP contribution in [-0.2, 0) is 21.4 Å². The number of fused-ring (bicyclic) bond motifs is 1. The zero-order chi connectivity index (χ0) is 16.7. The lowest BCUT2D eigenvalue weighted by Gasteiger charge is -2.29. The van der Waals surface area contributed by atoms with Crippen LogP contribution in [0.25, 0.3) is 0 Å². The molecule has 0 N–H and O–H groups in total. The summed E-state index contributed by atoms with van der Waals surface area (Å²) in [6.45, 7) is 0.751. The first-order valence-corrected chi connectivity index (χ1v) is 9.45. The molecule has 1 aromatic rings. The summed E-state index contributed by atoms with van der Waals surface area (Å²) in [5.74, 6) is 1.00. The number of furan rings is 1. The maximum absolute atomic E-state index is 12.9. The number of hydrogen-bond acceptors (Lipinski definition) is 5. The standard InChI is InChI=1S/C16H17N3O4S/c20-16(19(13-4-5-13)11-14-2-1-8-23-14)12-3-6-15-17-24(21,22)9-7-18(15)10-12/h1-3,6,8,10,13H,4-5,7,9,11H2. The zero-order valence-corrected chi connectivity index (χ0v) is 13.8. The van der Waals surface area contributed by atoms with Crippen LogP contribution in [0.5, 0.6) is 0 Å². The third kappa shape index (κ3) is 3.01. The topological polar surface area (TPSA) is 83.2 Å². The third-order valence-electron chi connectivity index (χ3n) is 4.23. The van der Waals surface area contributed by atoms with Gasteiger partial charge in [-0.3, -0.25) is 4.79 Å². The molecule has 0 saturated heterocycles. The lowest BCUT2D eigenvalue weighted by atomic mass is 10.1. The van der Waals surface area contributed by atoms with Gasteiger partial charge in [0.2, 0.25) is 0 Å². The molecular formula is C16H17N3O4S. The normalized spacial score (nSPS) is 21.8. The number of sulfonamides is 1. The van der Waals surface area contributed by atoms with Gasteiger partial charge in [-0.1, -0.05) is 0 Å². The largest absolute Gasteiger partial charge is 0.467 e. The molecule has 0 radical (unpaired) electrons. The number of hydrogen-bond donors (Lipinski definition) is 0. The molecule has 24 heavy (non-hydrogen) atoms. The first-order valence-electron chi connectivity index (χ1n) is 7.84. The summed E-state index contributed by atoms with van der Waals surface area (Å²) in [5, 5.41) is 0. The molecule has 126 valence electrons. The van der Waals surface area contributed by atoms with Crippen molar-refractivity contribution in [3.8, 4) is 0 Å². The van der Waals surface area contributed by atoms with Gasteiger partial charge in [-0.15, -0.1) is 4.40 Å². The monoisotopic (exact) mass is 347 g/mol. The fourth-order valence-corrected chi connectivity index (χ4v) is 3.79. The molecule has 0 unspecified atom stereocenters. The van der Waals surface area contributed by atoms with Gasteiger partial charge in [0.15, 0.2) is 0 Å².